The second-order valence-corrected chi connectivity index (χ2v) is 8.80. The van der Waals surface area contributed by atoms with E-state index in [0.29, 0.717) is 10.9 Å². The largest absolute Gasteiger partial charge is 0.481 e. The first-order chi connectivity index (χ1) is 13.0. The number of aromatic nitrogens is 2. The Morgan fingerprint density at radius 2 is 2.07 bits per heavy atom. The molecule has 140 valence electrons. The molecule has 3 heterocycles. The normalized spacial score (nSPS) is 16.2. The molecule has 1 aromatic carbocycles. The van der Waals surface area contributed by atoms with E-state index >= 15 is 0 Å². The van der Waals surface area contributed by atoms with Crippen LogP contribution < -0.4 is 0 Å². The molecule has 0 amide bonds. The Balaban J connectivity index is 1.93. The first-order valence-electron chi connectivity index (χ1n) is 9.11. The first-order valence-corrected chi connectivity index (χ1v) is 10.3. The van der Waals surface area contributed by atoms with Gasteiger partial charge in [0.1, 0.15) is 0 Å². The van der Waals surface area contributed by atoms with Crippen LogP contribution in [0.5, 0.6) is 0 Å². The number of rotatable bonds is 5. The maximum Gasteiger partial charge on any atom is 0.304 e. The van der Waals surface area contributed by atoms with Crippen LogP contribution in [0.2, 0.25) is 5.02 Å². The molecule has 1 unspecified atom stereocenters. The van der Waals surface area contributed by atoms with Gasteiger partial charge in [0.25, 0.3) is 0 Å². The average Bonchev–Trinajstić information content (AvgIpc) is 3.16. The number of aliphatic carboxylic acids is 1. The highest BCUT2D eigenvalue weighted by atomic mass is 35.5. The van der Waals surface area contributed by atoms with Crippen LogP contribution >= 0.6 is 23.4 Å². The first kappa shape index (κ1) is 18.4. The van der Waals surface area contributed by atoms with E-state index in [1.165, 1.54) is 15.8 Å². The number of aryl methyl sites for hydroxylation is 1. The van der Waals surface area contributed by atoms with Crippen LogP contribution in [0.4, 0.5) is 0 Å². The molecule has 0 radical (unpaired) electrons. The molecule has 0 saturated heterocycles. The quantitative estimate of drug-likeness (QED) is 0.577. The molecule has 3 aromatic rings. The minimum Gasteiger partial charge on any atom is -0.481 e. The summed E-state index contributed by atoms with van der Waals surface area (Å²) in [4.78, 5) is 18.2. The lowest BCUT2D eigenvalue weighted by Gasteiger charge is -2.13. The molecule has 2 aromatic heterocycles. The van der Waals surface area contributed by atoms with E-state index in [1.807, 2.05) is 36.7 Å². The molecule has 1 aliphatic heterocycles. The van der Waals surface area contributed by atoms with Crippen LogP contribution in [0, 0.1) is 0 Å². The van der Waals surface area contributed by atoms with E-state index in [1.54, 1.807) is 11.8 Å². The van der Waals surface area contributed by atoms with Gasteiger partial charge in [-0.1, -0.05) is 37.2 Å². The van der Waals surface area contributed by atoms with Gasteiger partial charge in [0, 0.05) is 44.6 Å². The van der Waals surface area contributed by atoms with Crippen LogP contribution in [-0.4, -0.2) is 20.6 Å². The second kappa shape index (κ2) is 7.21. The van der Waals surface area contributed by atoms with Crippen molar-refractivity contribution in [1.29, 1.82) is 0 Å². The van der Waals surface area contributed by atoms with E-state index in [4.69, 9.17) is 11.6 Å². The monoisotopic (exact) mass is 400 g/mol. The standard InChI is InChI=1S/C21H21ClN2O2S/c1-12(2)16-10-23-11-17-19(16)21(27-15-5-3-14(22)4-6-15)20-13(9-18(25)26)7-8-24(17)20/h3-6,10-13H,7-9H2,1-2H3,(H,25,26). The molecule has 0 aliphatic carbocycles. The molecule has 0 bridgehead atoms. The zero-order valence-electron chi connectivity index (χ0n) is 15.3. The maximum absolute atomic E-state index is 11.4. The molecule has 0 fully saturated rings. The molecule has 0 spiro atoms. The Kier molecular flexibility index (Phi) is 4.91. The molecule has 0 saturated carbocycles. The van der Waals surface area contributed by atoms with Crippen molar-refractivity contribution in [2.45, 2.75) is 54.9 Å². The van der Waals surface area contributed by atoms with Crippen molar-refractivity contribution in [2.75, 3.05) is 0 Å². The summed E-state index contributed by atoms with van der Waals surface area (Å²) in [7, 11) is 0. The number of nitrogens with zero attached hydrogens (tertiary/aromatic N) is 2. The Hall–Kier alpha value is -1.98. The number of pyridine rings is 1. The SMILES string of the molecule is CC(C)c1cncc2c1c(Sc1ccc(Cl)cc1)c1n2CCC1CC(=O)O. The maximum atomic E-state index is 11.4. The Morgan fingerprint density at radius 3 is 2.74 bits per heavy atom. The average molecular weight is 401 g/mol. The minimum atomic E-state index is -0.747. The molecule has 27 heavy (non-hydrogen) atoms. The van der Waals surface area contributed by atoms with Gasteiger partial charge in [-0.25, -0.2) is 0 Å². The fourth-order valence-corrected chi connectivity index (χ4v) is 5.28. The van der Waals surface area contributed by atoms with Gasteiger partial charge in [0.05, 0.1) is 18.1 Å². The molecule has 4 rings (SSSR count). The third-order valence-corrected chi connectivity index (χ3v) is 6.54. The fraction of sp³-hybridized carbons (Fsp3) is 0.333. The number of fused-ring (bicyclic) bond motifs is 3. The summed E-state index contributed by atoms with van der Waals surface area (Å²) >= 11 is 7.74. The Morgan fingerprint density at radius 1 is 1.33 bits per heavy atom. The minimum absolute atomic E-state index is 0.0321. The van der Waals surface area contributed by atoms with E-state index in [9.17, 15) is 9.90 Å². The van der Waals surface area contributed by atoms with Crippen LogP contribution in [-0.2, 0) is 11.3 Å². The van der Waals surface area contributed by atoms with Crippen LogP contribution in [0.25, 0.3) is 10.9 Å². The zero-order valence-corrected chi connectivity index (χ0v) is 16.8. The van der Waals surface area contributed by atoms with Crippen molar-refractivity contribution in [3.05, 3.63) is 52.9 Å². The number of hydrogen-bond donors (Lipinski definition) is 1. The van der Waals surface area contributed by atoms with Gasteiger partial charge >= 0.3 is 5.97 Å². The number of benzene rings is 1. The Labute approximate surface area is 167 Å². The van der Waals surface area contributed by atoms with E-state index in [-0.39, 0.29) is 12.3 Å². The smallest absolute Gasteiger partial charge is 0.304 e. The molecule has 1 aliphatic rings. The molecular formula is C21H21ClN2O2S. The second-order valence-electron chi connectivity index (χ2n) is 7.28. The fourth-order valence-electron chi connectivity index (χ4n) is 3.94. The number of halogens is 1. The number of carbonyl (C=O) groups is 1. The molecule has 1 N–H and O–H groups in total. The van der Waals surface area contributed by atoms with E-state index in [0.717, 1.165) is 29.1 Å². The number of hydrogen-bond acceptors (Lipinski definition) is 3. The summed E-state index contributed by atoms with van der Waals surface area (Å²) in [5, 5.41) is 11.3. The van der Waals surface area contributed by atoms with Crippen molar-refractivity contribution in [1.82, 2.24) is 9.55 Å². The molecule has 4 nitrogen and oxygen atoms in total. The van der Waals surface area contributed by atoms with Crippen LogP contribution in [0.3, 0.4) is 0 Å². The van der Waals surface area contributed by atoms with Crippen molar-refractivity contribution >= 4 is 40.2 Å². The van der Waals surface area contributed by atoms with Gasteiger partial charge in [-0.15, -0.1) is 0 Å². The highest BCUT2D eigenvalue weighted by molar-refractivity contribution is 7.99. The van der Waals surface area contributed by atoms with Crippen molar-refractivity contribution in [3.63, 3.8) is 0 Å². The summed E-state index contributed by atoms with van der Waals surface area (Å²) in [5.74, 6) is -0.375. The van der Waals surface area contributed by atoms with Crippen molar-refractivity contribution in [3.8, 4) is 0 Å². The third kappa shape index (κ3) is 3.34. The van der Waals surface area contributed by atoms with Gasteiger partial charge < -0.3 is 9.67 Å². The third-order valence-electron chi connectivity index (χ3n) is 5.16. The van der Waals surface area contributed by atoms with Gasteiger partial charge in [0.15, 0.2) is 0 Å². The molecule has 1 atom stereocenters. The highest BCUT2D eigenvalue weighted by Gasteiger charge is 2.32. The van der Waals surface area contributed by atoms with Gasteiger partial charge in [0.2, 0.25) is 0 Å². The van der Waals surface area contributed by atoms with Gasteiger partial charge in [-0.2, -0.15) is 0 Å². The summed E-state index contributed by atoms with van der Waals surface area (Å²) in [5.41, 5.74) is 3.46. The lowest BCUT2D eigenvalue weighted by Crippen LogP contribution is -2.04. The lowest BCUT2D eigenvalue weighted by atomic mass is 9.97. The van der Waals surface area contributed by atoms with Crippen LogP contribution in [0.1, 0.15) is 49.8 Å². The predicted octanol–water partition coefficient (Wildman–Crippen LogP) is 5.93. The van der Waals surface area contributed by atoms with Crippen molar-refractivity contribution < 1.29 is 9.90 Å². The zero-order chi connectivity index (χ0) is 19.1. The number of carboxylic acid groups (broad SMARTS) is 1. The topological polar surface area (TPSA) is 55.1 Å². The summed E-state index contributed by atoms with van der Waals surface area (Å²) < 4.78 is 2.28. The van der Waals surface area contributed by atoms with E-state index < -0.39 is 5.97 Å². The molecular weight excluding hydrogens is 380 g/mol. The summed E-state index contributed by atoms with van der Waals surface area (Å²) in [6.45, 7) is 5.18. The van der Waals surface area contributed by atoms with E-state index in [2.05, 4.69) is 23.4 Å². The van der Waals surface area contributed by atoms with Gasteiger partial charge in [-0.05, 0) is 42.2 Å². The lowest BCUT2D eigenvalue weighted by molar-refractivity contribution is -0.137. The summed E-state index contributed by atoms with van der Waals surface area (Å²) in [6, 6.07) is 7.81. The highest BCUT2D eigenvalue weighted by Crippen LogP contribution is 2.48. The number of carboxylic acids is 1. The van der Waals surface area contributed by atoms with Crippen LogP contribution in [0.15, 0.2) is 46.5 Å². The molecule has 6 heteroatoms. The Bertz CT molecular complexity index is 1010. The van der Waals surface area contributed by atoms with Crippen molar-refractivity contribution in [2.24, 2.45) is 0 Å². The summed E-state index contributed by atoms with van der Waals surface area (Å²) in [6.07, 6.45) is 4.88. The predicted molar refractivity (Wildman–Crippen MR) is 109 cm³/mol. The van der Waals surface area contributed by atoms with Gasteiger partial charge in [-0.3, -0.25) is 9.78 Å².